The van der Waals surface area contributed by atoms with Gasteiger partial charge in [0, 0.05) is 25.9 Å². The number of aliphatic carboxylic acids is 1. The summed E-state index contributed by atoms with van der Waals surface area (Å²) in [4.78, 5) is 38.9. The van der Waals surface area contributed by atoms with Crippen LogP contribution in [-0.4, -0.2) is 63.5 Å². The number of likely N-dealkylation sites (tertiary alicyclic amines) is 1. The van der Waals surface area contributed by atoms with Crippen molar-refractivity contribution < 1.29 is 24.6 Å². The molecule has 0 aromatic heterocycles. The largest absolute Gasteiger partial charge is 0.480 e. The van der Waals surface area contributed by atoms with Crippen LogP contribution in [0.3, 0.4) is 0 Å². The molecule has 7 heteroatoms. The van der Waals surface area contributed by atoms with E-state index >= 15 is 0 Å². The predicted molar refractivity (Wildman–Crippen MR) is 101 cm³/mol. The molecule has 2 aliphatic rings. The van der Waals surface area contributed by atoms with E-state index in [-0.39, 0.29) is 25.2 Å². The summed E-state index contributed by atoms with van der Waals surface area (Å²) in [5.74, 6) is -1.72. The zero-order valence-electron chi connectivity index (χ0n) is 16.4. The van der Waals surface area contributed by atoms with Crippen molar-refractivity contribution in [3.8, 4) is 0 Å². The Morgan fingerprint density at radius 3 is 2.37 bits per heavy atom. The lowest BCUT2D eigenvalue weighted by Gasteiger charge is -2.33. The number of aliphatic hydroxyl groups excluding tert-OH is 1. The van der Waals surface area contributed by atoms with Crippen LogP contribution in [0.25, 0.3) is 0 Å². The summed E-state index contributed by atoms with van der Waals surface area (Å²) in [6.07, 6.45) is 8.14. The number of nitrogens with one attached hydrogen (secondary N) is 1. The van der Waals surface area contributed by atoms with Gasteiger partial charge in [-0.05, 0) is 19.3 Å². The Morgan fingerprint density at radius 1 is 1.11 bits per heavy atom. The maximum absolute atomic E-state index is 13.1. The average Bonchev–Trinajstić information content (AvgIpc) is 3.27. The zero-order valence-corrected chi connectivity index (χ0v) is 16.4. The number of hydrogen-bond acceptors (Lipinski definition) is 5. The van der Waals surface area contributed by atoms with E-state index in [0.29, 0.717) is 19.4 Å². The molecule has 2 aliphatic heterocycles. The lowest BCUT2D eigenvalue weighted by atomic mass is 9.86. The van der Waals surface area contributed by atoms with Crippen molar-refractivity contribution in [2.75, 3.05) is 13.1 Å². The molecule has 7 nitrogen and oxygen atoms in total. The van der Waals surface area contributed by atoms with Gasteiger partial charge in [0.2, 0.25) is 0 Å². The molecule has 3 N–H and O–H groups in total. The summed E-state index contributed by atoms with van der Waals surface area (Å²) in [5.41, 5.74) is -1.46. The van der Waals surface area contributed by atoms with Gasteiger partial charge in [-0.25, -0.2) is 4.79 Å². The number of nitrogens with zero attached hydrogens (tertiary/aromatic N) is 1. The SMILES string of the molecule is CCCCCCCCCC(=O)[C@@]1(C(=O)N2CCC[C@H]2C(=O)O)C[C@@H](O)CN1. The van der Waals surface area contributed by atoms with E-state index < -0.39 is 29.6 Å². The van der Waals surface area contributed by atoms with Crippen LogP contribution in [0.4, 0.5) is 0 Å². The summed E-state index contributed by atoms with van der Waals surface area (Å²) in [6.45, 7) is 2.70. The lowest BCUT2D eigenvalue weighted by molar-refractivity contribution is -0.153. The Hall–Kier alpha value is -1.47. The highest BCUT2D eigenvalue weighted by Gasteiger charge is 2.54. The molecule has 0 radical (unpaired) electrons. The molecular weight excluding hydrogens is 348 g/mol. The first-order valence-electron chi connectivity index (χ1n) is 10.4. The Balaban J connectivity index is 1.96. The first-order chi connectivity index (χ1) is 12.9. The molecule has 0 aliphatic carbocycles. The quantitative estimate of drug-likeness (QED) is 0.372. The van der Waals surface area contributed by atoms with Crippen molar-refractivity contribution in [1.29, 1.82) is 0 Å². The Morgan fingerprint density at radius 2 is 1.78 bits per heavy atom. The summed E-state index contributed by atoms with van der Waals surface area (Å²) < 4.78 is 0. The topological polar surface area (TPSA) is 107 Å². The first kappa shape index (κ1) is 21.8. The van der Waals surface area contributed by atoms with Gasteiger partial charge < -0.3 is 15.1 Å². The smallest absolute Gasteiger partial charge is 0.326 e. The van der Waals surface area contributed by atoms with Gasteiger partial charge in [0.1, 0.15) is 6.04 Å². The van der Waals surface area contributed by atoms with Gasteiger partial charge in [0.25, 0.3) is 5.91 Å². The monoisotopic (exact) mass is 382 g/mol. The Kier molecular flexibility index (Phi) is 8.23. The molecular formula is C20H34N2O5. The Labute approximate surface area is 161 Å². The van der Waals surface area contributed by atoms with Crippen molar-refractivity contribution in [3.05, 3.63) is 0 Å². The van der Waals surface area contributed by atoms with Crippen molar-refractivity contribution in [2.45, 2.75) is 95.2 Å². The lowest BCUT2D eigenvalue weighted by Crippen LogP contribution is -2.61. The van der Waals surface area contributed by atoms with E-state index in [4.69, 9.17) is 0 Å². The first-order valence-corrected chi connectivity index (χ1v) is 10.4. The van der Waals surface area contributed by atoms with Crippen LogP contribution in [0.2, 0.25) is 0 Å². The van der Waals surface area contributed by atoms with Crippen molar-refractivity contribution in [1.82, 2.24) is 10.2 Å². The number of carbonyl (C=O) groups excluding carboxylic acids is 2. The number of unbranched alkanes of at least 4 members (excludes halogenated alkanes) is 6. The third-order valence-corrected chi connectivity index (χ3v) is 5.83. The van der Waals surface area contributed by atoms with Gasteiger partial charge >= 0.3 is 5.97 Å². The minimum atomic E-state index is -1.46. The van der Waals surface area contributed by atoms with Crippen LogP contribution < -0.4 is 5.32 Å². The molecule has 0 spiro atoms. The number of β-amino-alcohol motifs (C(OH)–C–C–N with tert-alkyl or cyclic N) is 1. The molecule has 0 aromatic rings. The second kappa shape index (κ2) is 10.2. The zero-order chi connectivity index (χ0) is 19.9. The highest BCUT2D eigenvalue weighted by molar-refractivity contribution is 6.11. The number of hydrogen-bond donors (Lipinski definition) is 3. The fourth-order valence-electron chi connectivity index (χ4n) is 4.25. The van der Waals surface area contributed by atoms with Gasteiger partial charge in [-0.15, -0.1) is 0 Å². The molecule has 0 unspecified atom stereocenters. The van der Waals surface area contributed by atoms with E-state index in [9.17, 15) is 24.6 Å². The van der Waals surface area contributed by atoms with Gasteiger partial charge in [0.05, 0.1) is 6.10 Å². The summed E-state index contributed by atoms with van der Waals surface area (Å²) in [5, 5.41) is 22.3. The third kappa shape index (κ3) is 5.29. The second-order valence-electron chi connectivity index (χ2n) is 7.93. The molecule has 0 bridgehead atoms. The summed E-state index contributed by atoms with van der Waals surface area (Å²) in [7, 11) is 0. The van der Waals surface area contributed by atoms with Crippen LogP contribution in [0.5, 0.6) is 0 Å². The molecule has 2 rings (SSSR count). The maximum atomic E-state index is 13.1. The molecule has 2 saturated heterocycles. The van der Waals surface area contributed by atoms with Crippen LogP contribution in [0.15, 0.2) is 0 Å². The van der Waals surface area contributed by atoms with Crippen molar-refractivity contribution in [3.63, 3.8) is 0 Å². The van der Waals surface area contributed by atoms with E-state index in [1.54, 1.807) is 0 Å². The molecule has 27 heavy (non-hydrogen) atoms. The van der Waals surface area contributed by atoms with Crippen LogP contribution in [0.1, 0.15) is 77.6 Å². The standard InChI is InChI=1S/C20H34N2O5/c1-2-3-4-5-6-7-8-11-17(24)20(13-15(23)14-21-20)19(27)22-12-9-10-16(22)18(25)26/h15-16,21,23H,2-14H2,1H3,(H,25,26)/t15-,16+,20-/m1/s1. The second-order valence-corrected chi connectivity index (χ2v) is 7.93. The van der Waals surface area contributed by atoms with Gasteiger partial charge in [-0.1, -0.05) is 45.4 Å². The number of carbonyl (C=O) groups is 3. The number of ketones is 1. The number of rotatable bonds is 11. The third-order valence-electron chi connectivity index (χ3n) is 5.83. The summed E-state index contributed by atoms with van der Waals surface area (Å²) in [6, 6.07) is -0.875. The highest BCUT2D eigenvalue weighted by atomic mass is 16.4. The number of amides is 1. The fourth-order valence-corrected chi connectivity index (χ4v) is 4.25. The number of Topliss-reactive ketones (excluding diaryl/α,β-unsaturated/α-hetero) is 1. The number of carboxylic acid groups (broad SMARTS) is 1. The molecule has 0 saturated carbocycles. The van der Waals surface area contributed by atoms with Crippen molar-refractivity contribution >= 4 is 17.7 Å². The van der Waals surface area contributed by atoms with Crippen LogP contribution in [0, 0.1) is 0 Å². The molecule has 2 heterocycles. The minimum Gasteiger partial charge on any atom is -0.480 e. The van der Waals surface area contributed by atoms with Gasteiger partial charge in [0.15, 0.2) is 11.3 Å². The van der Waals surface area contributed by atoms with E-state index in [1.807, 2.05) is 0 Å². The van der Waals surface area contributed by atoms with Gasteiger partial charge in [-0.2, -0.15) is 0 Å². The highest BCUT2D eigenvalue weighted by Crippen LogP contribution is 2.30. The molecule has 154 valence electrons. The maximum Gasteiger partial charge on any atom is 0.326 e. The molecule has 3 atom stereocenters. The van der Waals surface area contributed by atoms with Gasteiger partial charge in [-0.3, -0.25) is 14.9 Å². The average molecular weight is 383 g/mol. The van der Waals surface area contributed by atoms with Crippen molar-refractivity contribution in [2.24, 2.45) is 0 Å². The number of aliphatic hydroxyl groups is 1. The van der Waals surface area contributed by atoms with Crippen LogP contribution in [-0.2, 0) is 14.4 Å². The van der Waals surface area contributed by atoms with E-state index in [1.165, 1.54) is 24.2 Å². The minimum absolute atomic E-state index is 0.0318. The van der Waals surface area contributed by atoms with E-state index in [2.05, 4.69) is 12.2 Å². The molecule has 1 amide bonds. The predicted octanol–water partition coefficient (Wildman–Crippen LogP) is 1.86. The molecule has 0 aromatic carbocycles. The normalized spacial score (nSPS) is 27.9. The molecule has 2 fully saturated rings. The fraction of sp³-hybridized carbons (Fsp3) is 0.850. The van der Waals surface area contributed by atoms with Crippen LogP contribution >= 0.6 is 0 Å². The Bertz CT molecular complexity index is 538. The summed E-state index contributed by atoms with van der Waals surface area (Å²) >= 11 is 0. The number of carboxylic acids is 1. The van der Waals surface area contributed by atoms with E-state index in [0.717, 1.165) is 25.7 Å².